The highest BCUT2D eigenvalue weighted by Gasteiger charge is 2.35. The number of hydrogen-bond acceptors (Lipinski definition) is 4. The Morgan fingerprint density at radius 2 is 1.78 bits per heavy atom. The van der Waals surface area contributed by atoms with Crippen LogP contribution in [0.2, 0.25) is 0 Å². The van der Waals surface area contributed by atoms with E-state index < -0.39 is 0 Å². The van der Waals surface area contributed by atoms with E-state index in [0.29, 0.717) is 4.91 Å². The van der Waals surface area contributed by atoms with Gasteiger partial charge in [-0.05, 0) is 36.0 Å². The molecule has 0 bridgehead atoms. The van der Waals surface area contributed by atoms with Crippen molar-refractivity contribution >= 4 is 39.9 Å². The van der Waals surface area contributed by atoms with E-state index in [1.165, 1.54) is 4.90 Å². The summed E-state index contributed by atoms with van der Waals surface area (Å²) in [4.78, 5) is 26.6. The Bertz CT molecular complexity index is 1040. The van der Waals surface area contributed by atoms with Gasteiger partial charge in [-0.3, -0.25) is 14.5 Å². The molecule has 0 saturated carbocycles. The molecule has 0 radical (unpaired) electrons. The fourth-order valence-electron chi connectivity index (χ4n) is 3.09. The van der Waals surface area contributed by atoms with Gasteiger partial charge in [0.15, 0.2) is 0 Å². The first-order valence-electron chi connectivity index (χ1n) is 8.61. The molecule has 2 heterocycles. The van der Waals surface area contributed by atoms with E-state index in [0.717, 1.165) is 34.0 Å². The largest absolute Gasteiger partial charge is 0.492 e. The van der Waals surface area contributed by atoms with Gasteiger partial charge in [0.05, 0.1) is 11.4 Å². The Kier molecular flexibility index (Phi) is 4.73. The number of thioether (sulfide) groups is 1. The van der Waals surface area contributed by atoms with Crippen LogP contribution < -0.4 is 4.74 Å². The number of carbonyl (C=O) groups excluding carboxylic acids is 2. The van der Waals surface area contributed by atoms with Crippen LogP contribution >= 0.6 is 11.8 Å². The second-order valence-electron chi connectivity index (χ2n) is 6.21. The van der Waals surface area contributed by atoms with Crippen LogP contribution in [0.5, 0.6) is 5.75 Å². The molecule has 3 aromatic rings. The van der Waals surface area contributed by atoms with Crippen molar-refractivity contribution in [2.24, 2.45) is 7.05 Å². The molecule has 2 aromatic carbocycles. The van der Waals surface area contributed by atoms with Crippen LogP contribution in [0.4, 0.5) is 4.79 Å². The Morgan fingerprint density at radius 3 is 2.59 bits per heavy atom. The van der Waals surface area contributed by atoms with E-state index in [9.17, 15) is 9.59 Å². The highest BCUT2D eigenvalue weighted by Crippen LogP contribution is 2.33. The second kappa shape index (κ2) is 7.32. The Hall–Kier alpha value is -2.99. The van der Waals surface area contributed by atoms with Crippen LogP contribution in [0.15, 0.2) is 65.7 Å². The van der Waals surface area contributed by atoms with Crippen molar-refractivity contribution in [3.8, 4) is 5.75 Å². The normalized spacial score (nSPS) is 15.9. The van der Waals surface area contributed by atoms with Gasteiger partial charge in [0, 0.05) is 29.7 Å². The van der Waals surface area contributed by atoms with Crippen molar-refractivity contribution in [3.63, 3.8) is 0 Å². The molecule has 0 aliphatic carbocycles. The van der Waals surface area contributed by atoms with E-state index in [1.54, 1.807) is 6.08 Å². The minimum absolute atomic E-state index is 0.229. The SMILES string of the molecule is Cn1cc(/C=C2\SC(=O)N(CCOc3ccccc3)C2=O)c2ccccc21. The monoisotopic (exact) mass is 378 g/mol. The predicted molar refractivity (Wildman–Crippen MR) is 108 cm³/mol. The molecule has 0 atom stereocenters. The molecule has 0 unspecified atom stereocenters. The van der Waals surface area contributed by atoms with Crippen molar-refractivity contribution in [1.82, 2.24) is 9.47 Å². The number of rotatable bonds is 5. The van der Waals surface area contributed by atoms with Gasteiger partial charge in [-0.1, -0.05) is 36.4 Å². The van der Waals surface area contributed by atoms with Crippen molar-refractivity contribution in [3.05, 3.63) is 71.3 Å². The van der Waals surface area contributed by atoms with Gasteiger partial charge in [0.1, 0.15) is 12.4 Å². The number of hydrogen-bond donors (Lipinski definition) is 0. The number of fused-ring (bicyclic) bond motifs is 1. The molecule has 6 heteroatoms. The van der Waals surface area contributed by atoms with Crippen molar-refractivity contribution < 1.29 is 14.3 Å². The number of ether oxygens (including phenoxy) is 1. The molecular weight excluding hydrogens is 360 g/mol. The molecule has 5 nitrogen and oxygen atoms in total. The highest BCUT2D eigenvalue weighted by atomic mass is 32.2. The van der Waals surface area contributed by atoms with E-state index in [-0.39, 0.29) is 24.3 Å². The maximum atomic E-state index is 12.7. The zero-order valence-corrected chi connectivity index (χ0v) is 15.6. The number of amides is 2. The van der Waals surface area contributed by atoms with Crippen LogP contribution in [0.3, 0.4) is 0 Å². The first-order chi connectivity index (χ1) is 13.1. The summed E-state index contributed by atoms with van der Waals surface area (Å²) >= 11 is 0.974. The molecule has 1 fully saturated rings. The van der Waals surface area contributed by atoms with Crippen molar-refractivity contribution in [2.45, 2.75) is 0 Å². The first kappa shape index (κ1) is 17.4. The molecule has 1 saturated heterocycles. The topological polar surface area (TPSA) is 51.5 Å². The van der Waals surface area contributed by atoms with Crippen molar-refractivity contribution in [2.75, 3.05) is 13.2 Å². The first-order valence-corrected chi connectivity index (χ1v) is 9.42. The molecule has 2 amide bonds. The van der Waals surface area contributed by atoms with E-state index in [1.807, 2.05) is 72.4 Å². The maximum absolute atomic E-state index is 12.7. The summed E-state index contributed by atoms with van der Waals surface area (Å²) in [5, 5.41) is 0.794. The molecule has 27 heavy (non-hydrogen) atoms. The summed E-state index contributed by atoms with van der Waals surface area (Å²) in [6, 6.07) is 17.3. The molecule has 1 aliphatic heterocycles. The number of carbonyl (C=O) groups is 2. The van der Waals surface area contributed by atoms with E-state index >= 15 is 0 Å². The molecular formula is C21H18N2O3S. The summed E-state index contributed by atoms with van der Waals surface area (Å²) < 4.78 is 7.61. The zero-order valence-electron chi connectivity index (χ0n) is 14.8. The highest BCUT2D eigenvalue weighted by molar-refractivity contribution is 8.18. The van der Waals surface area contributed by atoms with Crippen LogP contribution in [0.25, 0.3) is 17.0 Å². The standard InChI is InChI=1S/C21H18N2O3S/c1-22-14-15(17-9-5-6-10-18(17)22)13-19-20(24)23(21(25)27-19)11-12-26-16-7-3-2-4-8-16/h2-10,13-14H,11-12H2,1H3/b19-13-. The number of aromatic nitrogens is 1. The third-order valence-corrected chi connectivity index (χ3v) is 5.32. The molecule has 0 spiro atoms. The minimum Gasteiger partial charge on any atom is -0.492 e. The quantitative estimate of drug-likeness (QED) is 0.622. The molecule has 1 aromatic heterocycles. The molecule has 136 valence electrons. The zero-order chi connectivity index (χ0) is 18.8. The minimum atomic E-state index is -0.269. The van der Waals surface area contributed by atoms with Crippen LogP contribution in [0, 0.1) is 0 Å². The molecule has 0 N–H and O–H groups in total. The lowest BCUT2D eigenvalue weighted by Gasteiger charge is -2.13. The summed E-state index contributed by atoms with van der Waals surface area (Å²) in [6.07, 6.45) is 3.77. The Labute approximate surface area is 161 Å². The fourth-order valence-corrected chi connectivity index (χ4v) is 3.95. The fraction of sp³-hybridized carbons (Fsp3) is 0.143. The lowest BCUT2D eigenvalue weighted by atomic mass is 10.1. The van der Waals surface area contributed by atoms with Crippen molar-refractivity contribution in [1.29, 1.82) is 0 Å². The van der Waals surface area contributed by atoms with Gasteiger partial charge in [-0.15, -0.1) is 0 Å². The molecule has 4 rings (SSSR count). The smallest absolute Gasteiger partial charge is 0.293 e. The third-order valence-electron chi connectivity index (χ3n) is 4.41. The summed E-state index contributed by atoms with van der Waals surface area (Å²) in [6.45, 7) is 0.496. The van der Waals surface area contributed by atoms with Crippen LogP contribution in [-0.2, 0) is 11.8 Å². The number of benzene rings is 2. The average Bonchev–Trinajstić information content (AvgIpc) is 3.14. The number of nitrogens with zero attached hydrogens (tertiary/aromatic N) is 2. The summed E-state index contributed by atoms with van der Waals surface area (Å²) in [5.74, 6) is 0.449. The predicted octanol–water partition coefficient (Wildman–Crippen LogP) is 4.29. The van der Waals surface area contributed by atoms with E-state index in [2.05, 4.69) is 0 Å². The van der Waals surface area contributed by atoms with Gasteiger partial charge in [-0.2, -0.15) is 0 Å². The lowest BCUT2D eigenvalue weighted by Crippen LogP contribution is -2.32. The Balaban J connectivity index is 1.49. The number of para-hydroxylation sites is 2. The van der Waals surface area contributed by atoms with E-state index in [4.69, 9.17) is 4.74 Å². The van der Waals surface area contributed by atoms with Gasteiger partial charge in [0.2, 0.25) is 0 Å². The van der Waals surface area contributed by atoms with Gasteiger partial charge < -0.3 is 9.30 Å². The number of aryl methyl sites for hydroxylation is 1. The van der Waals surface area contributed by atoms with Gasteiger partial charge in [-0.25, -0.2) is 0 Å². The van der Waals surface area contributed by atoms with Crippen LogP contribution in [-0.4, -0.2) is 33.8 Å². The summed E-state index contributed by atoms with van der Waals surface area (Å²) in [5.41, 5.74) is 2.01. The van der Waals surface area contributed by atoms with Gasteiger partial charge >= 0.3 is 0 Å². The molecule has 1 aliphatic rings. The maximum Gasteiger partial charge on any atom is 0.293 e. The Morgan fingerprint density at radius 1 is 1.04 bits per heavy atom. The average molecular weight is 378 g/mol. The lowest BCUT2D eigenvalue weighted by molar-refractivity contribution is -0.123. The number of imide groups is 1. The third kappa shape index (κ3) is 3.48. The second-order valence-corrected chi connectivity index (χ2v) is 7.20. The van der Waals surface area contributed by atoms with Crippen LogP contribution in [0.1, 0.15) is 5.56 Å². The van der Waals surface area contributed by atoms with Gasteiger partial charge in [0.25, 0.3) is 11.1 Å². The summed E-state index contributed by atoms with van der Waals surface area (Å²) in [7, 11) is 1.96.